The second kappa shape index (κ2) is 8.27. The average Bonchev–Trinajstić information content (AvgIpc) is 2.76. The third-order valence-corrected chi connectivity index (χ3v) is 5.13. The zero-order valence-corrected chi connectivity index (χ0v) is 16.7. The van der Waals surface area contributed by atoms with Gasteiger partial charge in [-0.3, -0.25) is 9.79 Å². The zero-order chi connectivity index (χ0) is 20.2. The Labute approximate surface area is 172 Å². The molecular formula is C26H24N2O. The maximum absolute atomic E-state index is 12.1. The number of rotatable bonds is 5. The summed E-state index contributed by atoms with van der Waals surface area (Å²) in [7, 11) is 0. The number of benzene rings is 3. The Balaban J connectivity index is 1.95. The molecule has 29 heavy (non-hydrogen) atoms. The van der Waals surface area contributed by atoms with Crippen LogP contribution in [0.3, 0.4) is 0 Å². The van der Waals surface area contributed by atoms with Gasteiger partial charge in [0.1, 0.15) is 11.9 Å². The first kappa shape index (κ1) is 18.9. The molecule has 3 aromatic carbocycles. The predicted molar refractivity (Wildman–Crippen MR) is 120 cm³/mol. The van der Waals surface area contributed by atoms with Crippen molar-refractivity contribution in [1.82, 2.24) is 0 Å². The molecule has 0 aliphatic carbocycles. The number of hydrogen-bond donors (Lipinski definition) is 0. The van der Waals surface area contributed by atoms with Gasteiger partial charge in [0.25, 0.3) is 0 Å². The molecule has 4 rings (SSSR count). The summed E-state index contributed by atoms with van der Waals surface area (Å²) in [5, 5.41) is 0. The second-order valence-corrected chi connectivity index (χ2v) is 7.28. The molecule has 3 aromatic rings. The van der Waals surface area contributed by atoms with Crippen molar-refractivity contribution in [3.63, 3.8) is 0 Å². The molecule has 144 valence electrons. The fraction of sp³-hybridized carbons (Fsp3) is 0.154. The van der Waals surface area contributed by atoms with Crippen molar-refractivity contribution in [3.8, 4) is 0 Å². The van der Waals surface area contributed by atoms with Crippen LogP contribution in [0.4, 0.5) is 5.69 Å². The molecule has 3 nitrogen and oxygen atoms in total. The maximum Gasteiger partial charge on any atom is 0.133 e. The van der Waals surface area contributed by atoms with Gasteiger partial charge in [-0.2, -0.15) is 0 Å². The van der Waals surface area contributed by atoms with Crippen LogP contribution in [0.15, 0.2) is 102 Å². The van der Waals surface area contributed by atoms with Gasteiger partial charge in [-0.25, -0.2) is 0 Å². The predicted octanol–water partition coefficient (Wildman–Crippen LogP) is 5.73. The lowest BCUT2D eigenvalue weighted by atomic mass is 9.94. The van der Waals surface area contributed by atoms with E-state index in [1.165, 1.54) is 0 Å². The lowest BCUT2D eigenvalue weighted by Gasteiger charge is -2.38. The summed E-state index contributed by atoms with van der Waals surface area (Å²) in [5.74, 6) is 0.124. The Morgan fingerprint density at radius 3 is 1.90 bits per heavy atom. The van der Waals surface area contributed by atoms with Crippen LogP contribution in [0.5, 0.6) is 0 Å². The third-order valence-electron chi connectivity index (χ3n) is 5.13. The topological polar surface area (TPSA) is 32.7 Å². The van der Waals surface area contributed by atoms with Gasteiger partial charge in [0.15, 0.2) is 0 Å². The summed E-state index contributed by atoms with van der Waals surface area (Å²) in [6.07, 6.45) is 0.0680. The monoisotopic (exact) mass is 380 g/mol. The third kappa shape index (κ3) is 3.90. The molecule has 0 amide bonds. The molecular weight excluding hydrogens is 356 g/mol. The Kier molecular flexibility index (Phi) is 5.39. The van der Waals surface area contributed by atoms with Crippen molar-refractivity contribution in [1.29, 1.82) is 0 Å². The normalized spacial score (nSPS) is 16.6. The lowest BCUT2D eigenvalue weighted by molar-refractivity contribution is -0.117. The van der Waals surface area contributed by atoms with E-state index in [1.807, 2.05) is 54.6 Å². The smallest absolute Gasteiger partial charge is 0.133 e. The highest BCUT2D eigenvalue weighted by atomic mass is 16.1. The van der Waals surface area contributed by atoms with E-state index in [0.29, 0.717) is 6.42 Å². The summed E-state index contributed by atoms with van der Waals surface area (Å²) < 4.78 is 0. The summed E-state index contributed by atoms with van der Waals surface area (Å²) in [5.41, 5.74) is 6.36. The molecule has 0 N–H and O–H groups in total. The molecule has 0 radical (unpaired) electrons. The first-order valence-electron chi connectivity index (χ1n) is 9.89. The van der Waals surface area contributed by atoms with Gasteiger partial charge < -0.3 is 4.90 Å². The highest BCUT2D eigenvalue weighted by molar-refractivity contribution is 6.18. The molecule has 0 spiro atoms. The number of ketones is 1. The van der Waals surface area contributed by atoms with Crippen LogP contribution in [-0.4, -0.2) is 17.7 Å². The number of carbonyl (C=O) groups is 1. The number of para-hydroxylation sites is 1. The van der Waals surface area contributed by atoms with E-state index in [-0.39, 0.29) is 11.9 Å². The van der Waals surface area contributed by atoms with E-state index in [1.54, 1.807) is 6.92 Å². The quantitative estimate of drug-likeness (QED) is 0.566. The average molecular weight is 380 g/mol. The van der Waals surface area contributed by atoms with Gasteiger partial charge >= 0.3 is 0 Å². The van der Waals surface area contributed by atoms with E-state index < -0.39 is 0 Å². The summed E-state index contributed by atoms with van der Waals surface area (Å²) in [4.78, 5) is 19.4. The number of aliphatic imine (C=N–C) groups is 1. The number of hydrogen-bond acceptors (Lipinski definition) is 3. The molecule has 0 unspecified atom stereocenters. The summed E-state index contributed by atoms with van der Waals surface area (Å²) >= 11 is 0. The summed E-state index contributed by atoms with van der Waals surface area (Å²) in [6, 6.07) is 30.8. The largest absolute Gasteiger partial charge is 0.317 e. The van der Waals surface area contributed by atoms with Crippen molar-refractivity contribution in [2.24, 2.45) is 4.99 Å². The Hall–Kier alpha value is -3.46. The number of allylic oxidation sites excluding steroid dienone is 1. The van der Waals surface area contributed by atoms with Gasteiger partial charge in [-0.1, -0.05) is 78.9 Å². The minimum Gasteiger partial charge on any atom is -0.317 e. The van der Waals surface area contributed by atoms with Gasteiger partial charge in [0.2, 0.25) is 0 Å². The molecule has 0 saturated heterocycles. The van der Waals surface area contributed by atoms with Crippen LogP contribution in [-0.2, 0) is 4.79 Å². The SMILES string of the molecule is CC(=O)C[C@@H]1N=C(c2ccccc2)C(C)=C(c2ccccc2)N1c1ccccc1. The molecule has 0 aromatic heterocycles. The minimum atomic E-state index is -0.288. The van der Waals surface area contributed by atoms with Gasteiger partial charge in [-0.05, 0) is 37.1 Å². The van der Waals surface area contributed by atoms with Crippen molar-refractivity contribution in [2.45, 2.75) is 26.4 Å². The number of Topliss-reactive ketones (excluding diaryl/α,β-unsaturated/α-hetero) is 1. The van der Waals surface area contributed by atoms with E-state index in [2.05, 4.69) is 48.2 Å². The Morgan fingerprint density at radius 2 is 1.34 bits per heavy atom. The fourth-order valence-corrected chi connectivity index (χ4v) is 3.87. The van der Waals surface area contributed by atoms with Crippen molar-refractivity contribution >= 4 is 22.9 Å². The second-order valence-electron chi connectivity index (χ2n) is 7.28. The van der Waals surface area contributed by atoms with Crippen LogP contribution in [0.1, 0.15) is 31.4 Å². The first-order valence-corrected chi connectivity index (χ1v) is 9.89. The lowest BCUT2D eigenvalue weighted by Crippen LogP contribution is -2.39. The van der Waals surface area contributed by atoms with Crippen LogP contribution in [0.25, 0.3) is 5.70 Å². The Morgan fingerprint density at radius 1 is 0.828 bits per heavy atom. The molecule has 0 fully saturated rings. The molecule has 3 heteroatoms. The van der Waals surface area contributed by atoms with Crippen LogP contribution in [0, 0.1) is 0 Å². The number of anilines is 1. The van der Waals surface area contributed by atoms with E-state index in [9.17, 15) is 4.79 Å². The van der Waals surface area contributed by atoms with Gasteiger partial charge in [-0.15, -0.1) is 0 Å². The van der Waals surface area contributed by atoms with Crippen LogP contribution >= 0.6 is 0 Å². The molecule has 1 aliphatic rings. The highest BCUT2D eigenvalue weighted by Gasteiger charge is 2.31. The molecule has 1 atom stereocenters. The van der Waals surface area contributed by atoms with E-state index >= 15 is 0 Å². The fourth-order valence-electron chi connectivity index (χ4n) is 3.87. The van der Waals surface area contributed by atoms with Crippen molar-refractivity contribution in [3.05, 3.63) is 108 Å². The Bertz CT molecular complexity index is 1050. The molecule has 1 heterocycles. The van der Waals surface area contributed by atoms with Crippen molar-refractivity contribution in [2.75, 3.05) is 4.90 Å². The number of carbonyl (C=O) groups excluding carboxylic acids is 1. The van der Waals surface area contributed by atoms with Crippen LogP contribution in [0.2, 0.25) is 0 Å². The molecule has 1 aliphatic heterocycles. The molecule has 0 saturated carbocycles. The summed E-state index contributed by atoms with van der Waals surface area (Å²) in [6.45, 7) is 3.75. The standard InChI is InChI=1S/C26H24N2O/c1-19(29)18-24-27-25(21-12-6-3-7-13-21)20(2)26(22-14-8-4-9-15-22)28(24)23-16-10-5-11-17-23/h3-17,24H,18H2,1-2H3/t24-/m1/s1. The number of nitrogens with zero attached hydrogens (tertiary/aromatic N) is 2. The highest BCUT2D eigenvalue weighted by Crippen LogP contribution is 2.37. The van der Waals surface area contributed by atoms with Crippen LogP contribution < -0.4 is 4.90 Å². The van der Waals surface area contributed by atoms with E-state index in [4.69, 9.17) is 4.99 Å². The zero-order valence-electron chi connectivity index (χ0n) is 16.7. The minimum absolute atomic E-state index is 0.124. The van der Waals surface area contributed by atoms with Gasteiger partial charge in [0.05, 0.1) is 11.4 Å². The first-order chi connectivity index (χ1) is 14.1. The van der Waals surface area contributed by atoms with E-state index in [0.717, 1.165) is 33.8 Å². The maximum atomic E-state index is 12.1. The van der Waals surface area contributed by atoms with Crippen molar-refractivity contribution < 1.29 is 4.79 Å². The van der Waals surface area contributed by atoms with Gasteiger partial charge in [0, 0.05) is 17.7 Å². The molecule has 0 bridgehead atoms.